The molecule has 2 aromatic rings. The average Bonchev–Trinajstić information content (AvgIpc) is 3.16. The Morgan fingerprint density at radius 1 is 1.06 bits per heavy atom. The third kappa shape index (κ3) is 6.58. The van der Waals surface area contributed by atoms with Crippen LogP contribution in [0.15, 0.2) is 53.5 Å². The van der Waals surface area contributed by atoms with Crippen LogP contribution in [0.5, 0.6) is 0 Å². The number of rotatable bonds is 8. The summed E-state index contributed by atoms with van der Waals surface area (Å²) in [7, 11) is 1.79. The lowest BCUT2D eigenvalue weighted by Crippen LogP contribution is -2.38. The molecule has 31 heavy (non-hydrogen) atoms. The van der Waals surface area contributed by atoms with Crippen LogP contribution in [-0.4, -0.2) is 30.4 Å². The molecule has 2 N–H and O–H groups in total. The molecule has 1 unspecified atom stereocenters. The summed E-state index contributed by atoms with van der Waals surface area (Å²) in [6, 6.07) is 17.3. The summed E-state index contributed by atoms with van der Waals surface area (Å²) in [4.78, 5) is 18.4. The van der Waals surface area contributed by atoms with Crippen LogP contribution in [0.2, 0.25) is 0 Å². The number of carbonyl (C=O) groups is 1. The number of nitrogens with one attached hydrogen (secondary N) is 2. The van der Waals surface area contributed by atoms with Crippen molar-refractivity contribution in [3.8, 4) is 0 Å². The molecule has 1 fully saturated rings. The summed E-state index contributed by atoms with van der Waals surface area (Å²) in [6.07, 6.45) is 2.74. The van der Waals surface area contributed by atoms with Crippen LogP contribution in [0.3, 0.4) is 0 Å². The number of amides is 1. The lowest BCUT2D eigenvalue weighted by molar-refractivity contribution is -0.128. The number of guanidine groups is 1. The normalized spacial score (nSPS) is 15.5. The first-order valence-electron chi connectivity index (χ1n) is 11.4. The van der Waals surface area contributed by atoms with Gasteiger partial charge in [-0.25, -0.2) is 0 Å². The SMILES string of the molecule is CN=C(NCc1ccccc1CN1CCCC1=O)NC(C)c1ccc(CC(C)C)cc1. The zero-order valence-corrected chi connectivity index (χ0v) is 19.3. The Kier molecular flexibility index (Phi) is 8.10. The lowest BCUT2D eigenvalue weighted by atomic mass is 10.00. The molecule has 1 heterocycles. The van der Waals surface area contributed by atoms with E-state index in [9.17, 15) is 4.79 Å². The van der Waals surface area contributed by atoms with Gasteiger partial charge in [-0.1, -0.05) is 62.4 Å². The van der Waals surface area contributed by atoms with Gasteiger partial charge in [0.15, 0.2) is 5.96 Å². The molecule has 2 aromatic carbocycles. The van der Waals surface area contributed by atoms with Gasteiger partial charge in [0.1, 0.15) is 0 Å². The van der Waals surface area contributed by atoms with Gasteiger partial charge in [-0.05, 0) is 47.9 Å². The van der Waals surface area contributed by atoms with E-state index < -0.39 is 0 Å². The van der Waals surface area contributed by atoms with Crippen LogP contribution < -0.4 is 10.6 Å². The molecule has 0 aliphatic carbocycles. The monoisotopic (exact) mass is 420 g/mol. The van der Waals surface area contributed by atoms with E-state index in [4.69, 9.17) is 0 Å². The number of nitrogens with zero attached hydrogens (tertiary/aromatic N) is 2. The Bertz CT molecular complexity index is 889. The molecule has 166 valence electrons. The van der Waals surface area contributed by atoms with Crippen molar-refractivity contribution in [2.45, 2.75) is 59.2 Å². The Labute approximate surface area is 187 Å². The van der Waals surface area contributed by atoms with Gasteiger partial charge >= 0.3 is 0 Å². The first-order valence-corrected chi connectivity index (χ1v) is 11.4. The largest absolute Gasteiger partial charge is 0.352 e. The van der Waals surface area contributed by atoms with Crippen LogP contribution in [0.25, 0.3) is 0 Å². The fraction of sp³-hybridized carbons (Fsp3) is 0.462. The molecule has 1 saturated heterocycles. The number of carbonyl (C=O) groups excluding carboxylic acids is 1. The quantitative estimate of drug-likeness (QED) is 0.491. The number of likely N-dealkylation sites (tertiary alicyclic amines) is 1. The van der Waals surface area contributed by atoms with Gasteiger partial charge in [-0.3, -0.25) is 9.79 Å². The first kappa shape index (κ1) is 22.9. The molecule has 1 atom stereocenters. The summed E-state index contributed by atoms with van der Waals surface area (Å²) in [5.74, 6) is 1.69. The second kappa shape index (κ2) is 11.0. The molecule has 0 saturated carbocycles. The molecule has 3 rings (SSSR count). The van der Waals surface area contributed by atoms with E-state index in [1.165, 1.54) is 22.3 Å². The maximum Gasteiger partial charge on any atom is 0.222 e. The Balaban J connectivity index is 1.57. The Morgan fingerprint density at radius 3 is 2.39 bits per heavy atom. The Hall–Kier alpha value is -2.82. The van der Waals surface area contributed by atoms with E-state index in [1.807, 2.05) is 17.0 Å². The van der Waals surface area contributed by atoms with Crippen molar-refractivity contribution >= 4 is 11.9 Å². The molecule has 1 aliphatic heterocycles. The molecular weight excluding hydrogens is 384 g/mol. The summed E-state index contributed by atoms with van der Waals surface area (Å²) in [5, 5.41) is 6.92. The highest BCUT2D eigenvalue weighted by molar-refractivity contribution is 5.80. The molecule has 1 amide bonds. The predicted octanol–water partition coefficient (Wildman–Crippen LogP) is 4.43. The Morgan fingerprint density at radius 2 is 1.77 bits per heavy atom. The van der Waals surface area contributed by atoms with Crippen molar-refractivity contribution in [1.29, 1.82) is 0 Å². The van der Waals surface area contributed by atoms with Crippen LogP contribution in [-0.2, 0) is 24.3 Å². The summed E-state index contributed by atoms with van der Waals surface area (Å²) >= 11 is 0. The number of aliphatic imine (C=N–C) groups is 1. The van der Waals surface area contributed by atoms with Crippen molar-refractivity contribution in [3.05, 3.63) is 70.8 Å². The third-order valence-electron chi connectivity index (χ3n) is 5.80. The molecule has 5 heteroatoms. The summed E-state index contributed by atoms with van der Waals surface area (Å²) in [5.41, 5.74) is 5.00. The molecule has 1 aliphatic rings. The van der Waals surface area contributed by atoms with Gasteiger partial charge in [0.25, 0.3) is 0 Å². The highest BCUT2D eigenvalue weighted by Crippen LogP contribution is 2.18. The van der Waals surface area contributed by atoms with Crippen molar-refractivity contribution in [3.63, 3.8) is 0 Å². The van der Waals surface area contributed by atoms with E-state index in [2.05, 4.69) is 72.8 Å². The zero-order valence-electron chi connectivity index (χ0n) is 19.3. The summed E-state index contributed by atoms with van der Waals surface area (Å²) in [6.45, 7) is 8.85. The summed E-state index contributed by atoms with van der Waals surface area (Å²) < 4.78 is 0. The topological polar surface area (TPSA) is 56.7 Å². The van der Waals surface area contributed by atoms with Gasteiger partial charge in [0.2, 0.25) is 5.91 Å². The van der Waals surface area contributed by atoms with E-state index in [0.29, 0.717) is 25.4 Å². The molecule has 0 radical (unpaired) electrons. The minimum Gasteiger partial charge on any atom is -0.352 e. The average molecular weight is 421 g/mol. The van der Waals surface area contributed by atoms with E-state index >= 15 is 0 Å². The second-order valence-corrected chi connectivity index (χ2v) is 8.82. The van der Waals surface area contributed by atoms with E-state index in [1.54, 1.807) is 7.05 Å². The van der Waals surface area contributed by atoms with Crippen molar-refractivity contribution < 1.29 is 4.79 Å². The number of hydrogen-bond acceptors (Lipinski definition) is 2. The maximum atomic E-state index is 12.0. The molecule has 5 nitrogen and oxygen atoms in total. The van der Waals surface area contributed by atoms with Crippen molar-refractivity contribution in [2.75, 3.05) is 13.6 Å². The van der Waals surface area contributed by atoms with Crippen LogP contribution in [0.4, 0.5) is 0 Å². The molecule has 0 spiro atoms. The van der Waals surface area contributed by atoms with Gasteiger partial charge in [-0.2, -0.15) is 0 Å². The van der Waals surface area contributed by atoms with Crippen LogP contribution in [0.1, 0.15) is 61.9 Å². The van der Waals surface area contributed by atoms with Gasteiger partial charge < -0.3 is 15.5 Å². The molecule has 0 aromatic heterocycles. The van der Waals surface area contributed by atoms with E-state index in [0.717, 1.165) is 25.3 Å². The van der Waals surface area contributed by atoms with Gasteiger partial charge in [0, 0.05) is 33.1 Å². The standard InChI is InChI=1S/C26H36N4O/c1-19(2)16-21-11-13-22(14-12-21)20(3)29-26(27-4)28-17-23-8-5-6-9-24(23)18-30-15-7-10-25(30)31/h5-6,8-9,11-14,19-20H,7,10,15-18H2,1-4H3,(H2,27,28,29). The van der Waals surface area contributed by atoms with Crippen LogP contribution in [0, 0.1) is 5.92 Å². The minimum absolute atomic E-state index is 0.150. The van der Waals surface area contributed by atoms with E-state index in [-0.39, 0.29) is 11.9 Å². The number of hydrogen-bond donors (Lipinski definition) is 2. The second-order valence-electron chi connectivity index (χ2n) is 8.82. The predicted molar refractivity (Wildman–Crippen MR) is 128 cm³/mol. The first-order chi connectivity index (χ1) is 15.0. The van der Waals surface area contributed by atoms with Crippen molar-refractivity contribution in [2.24, 2.45) is 10.9 Å². The fourth-order valence-corrected chi connectivity index (χ4v) is 4.04. The minimum atomic E-state index is 0.150. The van der Waals surface area contributed by atoms with Crippen LogP contribution >= 0.6 is 0 Å². The number of benzene rings is 2. The fourth-order valence-electron chi connectivity index (χ4n) is 4.04. The smallest absolute Gasteiger partial charge is 0.222 e. The lowest BCUT2D eigenvalue weighted by Gasteiger charge is -2.21. The third-order valence-corrected chi connectivity index (χ3v) is 5.80. The molecule has 0 bridgehead atoms. The zero-order chi connectivity index (χ0) is 22.2. The highest BCUT2D eigenvalue weighted by atomic mass is 16.2. The highest BCUT2D eigenvalue weighted by Gasteiger charge is 2.21. The molecular formula is C26H36N4O. The van der Waals surface area contributed by atoms with Gasteiger partial charge in [0.05, 0.1) is 6.04 Å². The maximum absolute atomic E-state index is 12.0. The van der Waals surface area contributed by atoms with Gasteiger partial charge in [-0.15, -0.1) is 0 Å². The van der Waals surface area contributed by atoms with Crippen molar-refractivity contribution in [1.82, 2.24) is 15.5 Å².